The van der Waals surface area contributed by atoms with Crippen LogP contribution in [0.15, 0.2) is 36.7 Å². The standard InChI is InChI=1S/C39H58FN6O8P/c1-2-3-4-5-6-7-8-9-10-11-12-13-14-15-16-17-32(51-24-30-20-29(23-41)21-31(40)22-30)25-52-55(49,50)53-27-39(26-42)37(48)35(47)36(54-39)33-18-19-34-38(43)44-28-45-46(33)34/h18-22,28,32,35-37,47-50,55H,2-17,24-25,27H2,1H3,(H2,43,44,45)/t32-,35-,36-,37-,39+/m0/s1. The van der Waals surface area contributed by atoms with Gasteiger partial charge in [-0.15, -0.1) is 0 Å². The second-order valence-corrected chi connectivity index (χ2v) is 16.1. The van der Waals surface area contributed by atoms with Crippen LogP contribution in [0.2, 0.25) is 0 Å². The molecule has 0 bridgehead atoms. The van der Waals surface area contributed by atoms with Gasteiger partial charge in [0.25, 0.3) is 0 Å². The molecule has 0 aliphatic carbocycles. The Kier molecular flexibility index (Phi) is 18.1. The summed E-state index contributed by atoms with van der Waals surface area (Å²) in [4.78, 5) is 25.5. The molecule has 1 saturated heterocycles. The first-order chi connectivity index (χ1) is 26.5. The molecular weight excluding hydrogens is 730 g/mol. The Morgan fingerprint density at radius 2 is 1.58 bits per heavy atom. The third kappa shape index (κ3) is 13.4. The number of nitriles is 2. The van der Waals surface area contributed by atoms with E-state index in [0.29, 0.717) is 17.5 Å². The molecular formula is C39H58FN6O8P. The summed E-state index contributed by atoms with van der Waals surface area (Å²) >= 11 is 0. The summed E-state index contributed by atoms with van der Waals surface area (Å²) in [7, 11) is -4.96. The van der Waals surface area contributed by atoms with Gasteiger partial charge in [-0.25, -0.2) is 0 Å². The molecule has 1 aliphatic rings. The van der Waals surface area contributed by atoms with Crippen molar-refractivity contribution >= 4 is 19.5 Å². The van der Waals surface area contributed by atoms with Gasteiger partial charge in [0.2, 0.25) is 0 Å². The number of nitrogen functional groups attached to an aromatic ring is 1. The van der Waals surface area contributed by atoms with Gasteiger partial charge in [0.05, 0.1) is 0 Å². The van der Waals surface area contributed by atoms with Crippen molar-refractivity contribution in [2.45, 2.75) is 146 Å². The minimum atomic E-state index is -4.96. The molecule has 1 aliphatic heterocycles. The number of aliphatic hydroxyl groups excluding tert-OH is 2. The number of hydrogen-bond acceptors (Lipinski definition) is 13. The molecule has 3 heterocycles. The monoisotopic (exact) mass is 788 g/mol. The van der Waals surface area contributed by atoms with Gasteiger partial charge in [-0.3, -0.25) is 0 Å². The molecule has 0 unspecified atom stereocenters. The van der Waals surface area contributed by atoms with E-state index in [1.165, 1.54) is 93.6 Å². The number of hydrogen-bond donors (Lipinski definition) is 5. The van der Waals surface area contributed by atoms with Gasteiger partial charge in [-0.2, -0.15) is 0 Å². The second-order valence-electron chi connectivity index (χ2n) is 14.5. The topological polar surface area (TPSA) is 222 Å². The number of ether oxygens (including phenoxy) is 2. The predicted octanol–water partition coefficient (Wildman–Crippen LogP) is 6.65. The van der Waals surface area contributed by atoms with Crippen molar-refractivity contribution in [2.24, 2.45) is 0 Å². The van der Waals surface area contributed by atoms with Crippen LogP contribution in [0.5, 0.6) is 0 Å². The van der Waals surface area contributed by atoms with E-state index >= 15 is 0 Å². The van der Waals surface area contributed by atoms with Crippen LogP contribution in [-0.4, -0.2) is 71.7 Å². The molecule has 4 rings (SSSR count). The Morgan fingerprint density at radius 3 is 2.20 bits per heavy atom. The molecule has 55 heavy (non-hydrogen) atoms. The fourth-order valence-electron chi connectivity index (χ4n) is 6.89. The van der Waals surface area contributed by atoms with Crippen LogP contribution >= 0.6 is 8.17 Å². The van der Waals surface area contributed by atoms with Crippen LogP contribution in [0.3, 0.4) is 0 Å². The minimum absolute atomic E-state index is 0.0483. The zero-order valence-electron chi connectivity index (χ0n) is 31.8. The summed E-state index contributed by atoms with van der Waals surface area (Å²) in [5.74, 6) is -0.404. The number of aliphatic hydroxyl groups is 2. The van der Waals surface area contributed by atoms with E-state index in [2.05, 4.69) is 17.0 Å². The average molecular weight is 789 g/mol. The van der Waals surface area contributed by atoms with Crippen molar-refractivity contribution in [3.63, 3.8) is 0 Å². The van der Waals surface area contributed by atoms with Gasteiger partial charge in [-0.05, 0) is 0 Å². The molecule has 1 aromatic carbocycles. The number of nitrogens with zero attached hydrogens (tertiary/aromatic N) is 5. The maximum atomic E-state index is 14.1. The van der Waals surface area contributed by atoms with Gasteiger partial charge >= 0.3 is 272 Å². The van der Waals surface area contributed by atoms with Crippen LogP contribution in [0, 0.1) is 28.5 Å². The number of aromatic nitrogens is 3. The summed E-state index contributed by atoms with van der Waals surface area (Å²) in [5.41, 5.74) is 5.00. The van der Waals surface area contributed by atoms with Crippen molar-refractivity contribution in [1.29, 1.82) is 10.5 Å². The number of fused-ring (bicyclic) bond motifs is 1. The normalized spacial score (nSPS) is 20.8. The molecule has 5 atom stereocenters. The first-order valence-electron chi connectivity index (χ1n) is 19.6. The van der Waals surface area contributed by atoms with Crippen molar-refractivity contribution < 1.29 is 42.9 Å². The van der Waals surface area contributed by atoms with Crippen molar-refractivity contribution in [3.05, 3.63) is 59.3 Å². The molecule has 0 saturated carbocycles. The molecule has 0 spiro atoms. The van der Waals surface area contributed by atoms with E-state index in [0.717, 1.165) is 31.7 Å². The number of benzene rings is 1. The molecule has 1 fully saturated rings. The fourth-order valence-corrected chi connectivity index (χ4v) is 7.78. The summed E-state index contributed by atoms with van der Waals surface area (Å²) < 4.78 is 38.0. The number of anilines is 1. The van der Waals surface area contributed by atoms with Crippen molar-refractivity contribution in [2.75, 3.05) is 18.9 Å². The Labute approximate surface area is 323 Å². The van der Waals surface area contributed by atoms with E-state index in [1.54, 1.807) is 12.1 Å². The zero-order chi connectivity index (χ0) is 39.7. The molecule has 14 nitrogen and oxygen atoms in total. The molecule has 0 radical (unpaired) electrons. The summed E-state index contributed by atoms with van der Waals surface area (Å²) in [6, 6.07) is 10.8. The average Bonchev–Trinajstić information content (AvgIpc) is 3.71. The first-order valence-corrected chi connectivity index (χ1v) is 21.3. The Hall–Kier alpha value is -3.34. The van der Waals surface area contributed by atoms with E-state index in [4.69, 9.17) is 24.3 Å². The van der Waals surface area contributed by atoms with Crippen LogP contribution in [-0.2, 0) is 25.1 Å². The Balaban J connectivity index is 1.26. The molecule has 304 valence electrons. The SMILES string of the molecule is CCCCCCCCCCCCCCCCC[C@@H](CO[PH](O)(O)OC[C@@]1(C#N)O[C@@H](c2ccc3c(N)ncnn23)[C@H](O)[C@@H]1O)OCc1cc(F)cc(C#N)c1. The molecule has 3 aromatic rings. The first kappa shape index (κ1) is 44.4. The van der Waals surface area contributed by atoms with Crippen LogP contribution in [0.1, 0.15) is 133 Å². The molecule has 16 heteroatoms. The molecule has 0 amide bonds. The van der Waals surface area contributed by atoms with E-state index in [9.17, 15) is 34.9 Å². The fraction of sp³-hybridized carbons (Fsp3) is 0.641. The predicted molar refractivity (Wildman–Crippen MR) is 205 cm³/mol. The van der Waals surface area contributed by atoms with Crippen LogP contribution in [0.4, 0.5) is 10.2 Å². The Morgan fingerprint density at radius 1 is 0.945 bits per heavy atom. The number of halogens is 1. The van der Waals surface area contributed by atoms with Gasteiger partial charge in [0.1, 0.15) is 0 Å². The quantitative estimate of drug-likeness (QED) is 0.0425. The van der Waals surface area contributed by atoms with E-state index in [-0.39, 0.29) is 30.3 Å². The number of unbranched alkanes of at least 4 members (excludes halogenated alkanes) is 14. The van der Waals surface area contributed by atoms with Gasteiger partial charge in [-0.1, -0.05) is 51.9 Å². The van der Waals surface area contributed by atoms with Crippen molar-refractivity contribution in [1.82, 2.24) is 14.6 Å². The van der Waals surface area contributed by atoms with Gasteiger partial charge < -0.3 is 0 Å². The second kappa shape index (κ2) is 22.4. The summed E-state index contributed by atoms with van der Waals surface area (Å²) in [6.45, 7) is 1.05. The van der Waals surface area contributed by atoms with Crippen LogP contribution in [0.25, 0.3) is 5.52 Å². The zero-order valence-corrected chi connectivity index (χ0v) is 32.8. The molecule has 2 aromatic heterocycles. The Bertz CT molecular complexity index is 1700. The number of nitrogens with two attached hydrogens (primary N) is 1. The van der Waals surface area contributed by atoms with E-state index in [1.807, 2.05) is 12.1 Å². The molecule has 6 N–H and O–H groups in total. The third-order valence-electron chi connectivity index (χ3n) is 10.1. The third-order valence-corrected chi connectivity index (χ3v) is 11.1. The van der Waals surface area contributed by atoms with Crippen molar-refractivity contribution in [3.8, 4) is 12.1 Å². The van der Waals surface area contributed by atoms with Gasteiger partial charge in [0, 0.05) is 0 Å². The van der Waals surface area contributed by atoms with E-state index < -0.39 is 50.6 Å². The summed E-state index contributed by atoms with van der Waals surface area (Å²) in [5, 5.41) is 45.2. The maximum absolute atomic E-state index is 14.1. The number of rotatable bonds is 26. The van der Waals surface area contributed by atoms with Gasteiger partial charge in [0.15, 0.2) is 0 Å². The van der Waals surface area contributed by atoms with Crippen LogP contribution < -0.4 is 5.73 Å². The summed E-state index contributed by atoms with van der Waals surface area (Å²) in [6.07, 6.45) is 14.6.